The molecule has 0 saturated carbocycles. The van der Waals surface area contributed by atoms with Crippen molar-refractivity contribution in [1.29, 1.82) is 0 Å². The first kappa shape index (κ1) is 11.8. The van der Waals surface area contributed by atoms with Crippen LogP contribution in [0.1, 0.15) is 17.3 Å². The monoisotopic (exact) mass is 225 g/mol. The summed E-state index contributed by atoms with van der Waals surface area (Å²) >= 11 is 1.70. The van der Waals surface area contributed by atoms with E-state index in [1.165, 1.54) is 6.20 Å². The average Bonchev–Trinajstić information content (AvgIpc) is 2.26. The molecule has 15 heavy (non-hydrogen) atoms. The predicted molar refractivity (Wildman–Crippen MR) is 64.0 cm³/mol. The molecule has 0 aliphatic rings. The number of amides is 1. The number of nitrogen functional groups attached to an aromatic ring is 1. The van der Waals surface area contributed by atoms with Gasteiger partial charge in [-0.1, -0.05) is 6.92 Å². The number of aromatic nitrogens is 1. The van der Waals surface area contributed by atoms with Crippen LogP contribution in [0.2, 0.25) is 0 Å². The predicted octanol–water partition coefficient (Wildman–Crippen LogP) is 1.15. The van der Waals surface area contributed by atoms with Gasteiger partial charge in [-0.15, -0.1) is 0 Å². The van der Waals surface area contributed by atoms with Gasteiger partial charge in [0.05, 0.1) is 5.56 Å². The lowest BCUT2D eigenvalue weighted by molar-refractivity contribution is 0.0954. The summed E-state index contributed by atoms with van der Waals surface area (Å²) in [6, 6.07) is 1.62. The van der Waals surface area contributed by atoms with Gasteiger partial charge < -0.3 is 11.1 Å². The molecule has 0 bridgehead atoms. The largest absolute Gasteiger partial charge is 0.398 e. The first-order valence-electron chi connectivity index (χ1n) is 4.65. The molecular weight excluding hydrogens is 210 g/mol. The van der Waals surface area contributed by atoms with E-state index in [2.05, 4.69) is 17.2 Å². The summed E-state index contributed by atoms with van der Waals surface area (Å²) < 4.78 is 0. The van der Waals surface area contributed by atoms with Crippen molar-refractivity contribution in [3.05, 3.63) is 24.0 Å². The molecule has 1 aromatic rings. The van der Waals surface area contributed by atoms with Crippen LogP contribution in [0.4, 0.5) is 5.69 Å². The molecule has 0 spiro atoms. The van der Waals surface area contributed by atoms with Crippen LogP contribution in [-0.4, -0.2) is 28.9 Å². The van der Waals surface area contributed by atoms with E-state index in [1.54, 1.807) is 24.0 Å². The van der Waals surface area contributed by atoms with E-state index >= 15 is 0 Å². The quantitative estimate of drug-likeness (QED) is 0.806. The van der Waals surface area contributed by atoms with Crippen molar-refractivity contribution in [2.75, 3.05) is 18.5 Å². The van der Waals surface area contributed by atoms with E-state index in [0.29, 0.717) is 23.0 Å². The highest BCUT2D eigenvalue weighted by atomic mass is 32.2. The van der Waals surface area contributed by atoms with Crippen LogP contribution in [0.25, 0.3) is 0 Å². The maximum atomic E-state index is 11.6. The van der Waals surface area contributed by atoms with Crippen LogP contribution in [0.5, 0.6) is 0 Å². The average molecular weight is 225 g/mol. The van der Waals surface area contributed by atoms with E-state index in [1.807, 2.05) is 6.26 Å². The van der Waals surface area contributed by atoms with Crippen LogP contribution in [0, 0.1) is 0 Å². The Morgan fingerprint density at radius 3 is 3.07 bits per heavy atom. The number of thioether (sulfide) groups is 1. The van der Waals surface area contributed by atoms with Crippen LogP contribution in [0.15, 0.2) is 18.5 Å². The second kappa shape index (κ2) is 5.60. The van der Waals surface area contributed by atoms with Gasteiger partial charge in [0.2, 0.25) is 0 Å². The minimum atomic E-state index is -0.165. The minimum Gasteiger partial charge on any atom is -0.398 e. The Kier molecular flexibility index (Phi) is 4.42. The van der Waals surface area contributed by atoms with Crippen molar-refractivity contribution in [1.82, 2.24) is 10.3 Å². The van der Waals surface area contributed by atoms with E-state index in [-0.39, 0.29) is 5.91 Å². The van der Waals surface area contributed by atoms with Crippen LogP contribution in [-0.2, 0) is 0 Å². The zero-order valence-corrected chi connectivity index (χ0v) is 9.67. The third-order valence-electron chi connectivity index (χ3n) is 2.05. The van der Waals surface area contributed by atoms with Crippen LogP contribution < -0.4 is 11.1 Å². The molecule has 82 valence electrons. The highest BCUT2D eigenvalue weighted by Gasteiger charge is 2.09. The molecule has 0 radical (unpaired) electrons. The number of anilines is 1. The maximum Gasteiger partial charge on any atom is 0.254 e. The standard InChI is InChI=1S/C10H15N3OS/c1-7(15-2)5-13-10(14)8-6-12-4-3-9(8)11/h3-4,6-7H,5H2,1-2H3,(H2,11,12)(H,13,14). The fourth-order valence-corrected chi connectivity index (χ4v) is 1.26. The van der Waals surface area contributed by atoms with Gasteiger partial charge in [-0.05, 0) is 12.3 Å². The molecule has 4 nitrogen and oxygen atoms in total. The molecule has 0 aromatic carbocycles. The highest BCUT2D eigenvalue weighted by molar-refractivity contribution is 7.99. The van der Waals surface area contributed by atoms with Gasteiger partial charge in [0.1, 0.15) is 0 Å². The van der Waals surface area contributed by atoms with Crippen molar-refractivity contribution >= 4 is 23.4 Å². The van der Waals surface area contributed by atoms with Crippen molar-refractivity contribution in [2.45, 2.75) is 12.2 Å². The van der Waals surface area contributed by atoms with Gasteiger partial charge in [-0.2, -0.15) is 11.8 Å². The number of pyridine rings is 1. The second-order valence-electron chi connectivity index (χ2n) is 3.22. The molecule has 0 aliphatic carbocycles. The number of nitrogens with two attached hydrogens (primary N) is 1. The molecule has 0 saturated heterocycles. The molecule has 1 atom stereocenters. The van der Waals surface area contributed by atoms with E-state index in [4.69, 9.17) is 5.73 Å². The van der Waals surface area contributed by atoms with E-state index < -0.39 is 0 Å². The smallest absolute Gasteiger partial charge is 0.254 e. The van der Waals surface area contributed by atoms with Crippen molar-refractivity contribution in [3.8, 4) is 0 Å². The minimum absolute atomic E-state index is 0.165. The maximum absolute atomic E-state index is 11.6. The number of carbonyl (C=O) groups excluding carboxylic acids is 1. The molecule has 1 unspecified atom stereocenters. The first-order chi connectivity index (χ1) is 7.15. The number of carbonyl (C=O) groups is 1. The lowest BCUT2D eigenvalue weighted by Crippen LogP contribution is -2.29. The zero-order chi connectivity index (χ0) is 11.3. The molecule has 1 amide bonds. The van der Waals surface area contributed by atoms with Gasteiger partial charge in [-0.25, -0.2) is 0 Å². The first-order valence-corrected chi connectivity index (χ1v) is 5.94. The van der Waals surface area contributed by atoms with Gasteiger partial charge in [0.25, 0.3) is 5.91 Å². The van der Waals surface area contributed by atoms with Gasteiger partial charge in [-0.3, -0.25) is 9.78 Å². The van der Waals surface area contributed by atoms with Gasteiger partial charge in [0.15, 0.2) is 0 Å². The Morgan fingerprint density at radius 1 is 1.73 bits per heavy atom. The number of rotatable bonds is 4. The second-order valence-corrected chi connectivity index (χ2v) is 4.50. The molecule has 5 heteroatoms. The lowest BCUT2D eigenvalue weighted by atomic mass is 10.2. The SMILES string of the molecule is CSC(C)CNC(=O)c1cnccc1N. The number of hydrogen-bond acceptors (Lipinski definition) is 4. The summed E-state index contributed by atoms with van der Waals surface area (Å²) in [6.45, 7) is 2.69. The molecule has 0 fully saturated rings. The van der Waals surface area contributed by atoms with Crippen LogP contribution >= 0.6 is 11.8 Å². The summed E-state index contributed by atoms with van der Waals surface area (Å²) in [5.41, 5.74) is 6.55. The Labute approximate surface area is 93.7 Å². The van der Waals surface area contributed by atoms with Gasteiger partial charge >= 0.3 is 0 Å². The third kappa shape index (κ3) is 3.43. The summed E-state index contributed by atoms with van der Waals surface area (Å²) in [4.78, 5) is 15.5. The van der Waals surface area contributed by atoms with Crippen molar-refractivity contribution in [2.24, 2.45) is 0 Å². The normalized spacial score (nSPS) is 12.1. The fourth-order valence-electron chi connectivity index (χ4n) is 1.01. The Bertz CT molecular complexity index is 343. The summed E-state index contributed by atoms with van der Waals surface area (Å²) in [5.74, 6) is -0.165. The van der Waals surface area contributed by atoms with E-state index in [9.17, 15) is 4.79 Å². The zero-order valence-electron chi connectivity index (χ0n) is 8.86. The highest BCUT2D eigenvalue weighted by Crippen LogP contribution is 2.09. The molecule has 1 heterocycles. The Hall–Kier alpha value is -1.23. The lowest BCUT2D eigenvalue weighted by Gasteiger charge is -2.10. The molecule has 0 aliphatic heterocycles. The Balaban J connectivity index is 2.58. The van der Waals surface area contributed by atoms with E-state index in [0.717, 1.165) is 0 Å². The van der Waals surface area contributed by atoms with Crippen molar-refractivity contribution < 1.29 is 4.79 Å². The Morgan fingerprint density at radius 2 is 2.47 bits per heavy atom. The summed E-state index contributed by atoms with van der Waals surface area (Å²) in [5, 5.41) is 3.21. The van der Waals surface area contributed by atoms with Gasteiger partial charge in [0, 0.05) is 29.9 Å². The third-order valence-corrected chi connectivity index (χ3v) is 3.02. The topological polar surface area (TPSA) is 68.0 Å². The fraction of sp³-hybridized carbons (Fsp3) is 0.400. The number of nitrogens with zero attached hydrogens (tertiary/aromatic N) is 1. The summed E-state index contributed by atoms with van der Waals surface area (Å²) in [6.07, 6.45) is 5.06. The molecular formula is C10H15N3OS. The molecule has 1 rings (SSSR count). The van der Waals surface area contributed by atoms with Crippen molar-refractivity contribution in [3.63, 3.8) is 0 Å². The van der Waals surface area contributed by atoms with Crippen LogP contribution in [0.3, 0.4) is 0 Å². The number of hydrogen-bond donors (Lipinski definition) is 2. The summed E-state index contributed by atoms with van der Waals surface area (Å²) in [7, 11) is 0. The molecule has 1 aromatic heterocycles. The number of nitrogens with one attached hydrogen (secondary N) is 1. The molecule has 3 N–H and O–H groups in total.